The molecule has 1 saturated heterocycles. The fourth-order valence-corrected chi connectivity index (χ4v) is 5.66. The van der Waals surface area contributed by atoms with Gasteiger partial charge < -0.3 is 9.32 Å². The van der Waals surface area contributed by atoms with E-state index in [9.17, 15) is 4.79 Å². The van der Waals surface area contributed by atoms with E-state index in [1.807, 2.05) is 36.1 Å². The van der Waals surface area contributed by atoms with Gasteiger partial charge in [-0.25, -0.2) is 0 Å². The lowest BCUT2D eigenvalue weighted by atomic mass is 10.1. The van der Waals surface area contributed by atoms with Gasteiger partial charge in [0.05, 0.1) is 0 Å². The Morgan fingerprint density at radius 2 is 1.97 bits per heavy atom. The van der Waals surface area contributed by atoms with Gasteiger partial charge in [0.2, 0.25) is 0 Å². The predicted molar refractivity (Wildman–Crippen MR) is 122 cm³/mol. The van der Waals surface area contributed by atoms with Crippen LogP contribution in [0.25, 0.3) is 11.0 Å². The molecule has 160 valence electrons. The van der Waals surface area contributed by atoms with E-state index in [0.717, 1.165) is 58.5 Å². The molecule has 0 saturated carbocycles. The minimum Gasteiger partial charge on any atom is -0.451 e. The number of aryl methyl sites for hydroxylation is 1. The maximum absolute atomic E-state index is 13.5. The minimum atomic E-state index is -0.00833. The van der Waals surface area contributed by atoms with Gasteiger partial charge in [-0.05, 0) is 40.2 Å². The second-order valence-electron chi connectivity index (χ2n) is 8.59. The van der Waals surface area contributed by atoms with Crippen LogP contribution < -0.4 is 0 Å². The maximum Gasteiger partial charge on any atom is 0.289 e. The molecule has 0 bridgehead atoms. The first-order chi connectivity index (χ1) is 14.3. The highest BCUT2D eigenvalue weighted by Crippen LogP contribution is 2.34. The van der Waals surface area contributed by atoms with Crippen LogP contribution in [0.15, 0.2) is 33.0 Å². The number of carbonyl (C=O) groups is 1. The van der Waals surface area contributed by atoms with Crippen molar-refractivity contribution in [2.24, 2.45) is 0 Å². The van der Waals surface area contributed by atoms with Gasteiger partial charge in [-0.3, -0.25) is 9.69 Å². The number of rotatable bonds is 4. The molecule has 3 aromatic rings. The first-order valence-corrected chi connectivity index (χ1v) is 12.1. The molecule has 0 unspecified atom stereocenters. The van der Waals surface area contributed by atoms with E-state index in [1.165, 1.54) is 0 Å². The number of hydrogen-bond donors (Lipinski definition) is 0. The molecule has 1 aromatic carbocycles. The number of thioether (sulfide) groups is 1. The molecule has 30 heavy (non-hydrogen) atoms. The number of carbonyl (C=O) groups excluding carboxylic acids is 1. The third-order valence-corrected chi connectivity index (χ3v) is 7.47. The number of nitrogens with zero attached hydrogens (tertiary/aromatic N) is 4. The van der Waals surface area contributed by atoms with E-state index in [1.54, 1.807) is 23.1 Å². The zero-order valence-corrected chi connectivity index (χ0v) is 19.6. The Morgan fingerprint density at radius 3 is 2.70 bits per heavy atom. The molecule has 6 nitrogen and oxygen atoms in total. The monoisotopic (exact) mass is 444 g/mol. The van der Waals surface area contributed by atoms with Crippen molar-refractivity contribution >= 4 is 40.0 Å². The molecule has 1 amide bonds. The van der Waals surface area contributed by atoms with Crippen LogP contribution in [-0.2, 0) is 5.75 Å². The van der Waals surface area contributed by atoms with Gasteiger partial charge in [0.25, 0.3) is 5.91 Å². The number of amides is 1. The van der Waals surface area contributed by atoms with Crippen LogP contribution in [0, 0.1) is 6.92 Å². The summed E-state index contributed by atoms with van der Waals surface area (Å²) >= 11 is 3.18. The predicted octanol–water partition coefficient (Wildman–Crippen LogP) is 4.83. The largest absolute Gasteiger partial charge is 0.451 e. The molecule has 1 aliphatic rings. The van der Waals surface area contributed by atoms with E-state index >= 15 is 0 Å². The van der Waals surface area contributed by atoms with Crippen LogP contribution in [0.5, 0.6) is 0 Å². The lowest BCUT2D eigenvalue weighted by Crippen LogP contribution is -2.44. The molecule has 1 aliphatic heterocycles. The molecule has 0 radical (unpaired) electrons. The Bertz CT molecular complexity index is 1040. The Hall–Kier alpha value is -1.90. The third kappa shape index (κ3) is 4.55. The summed E-state index contributed by atoms with van der Waals surface area (Å²) in [5.41, 5.74) is 1.82. The van der Waals surface area contributed by atoms with Gasteiger partial charge in [0.15, 0.2) is 10.1 Å². The molecule has 3 heterocycles. The molecule has 0 aliphatic carbocycles. The maximum atomic E-state index is 13.5. The zero-order chi connectivity index (χ0) is 21.3. The van der Waals surface area contributed by atoms with Crippen LogP contribution in [-0.4, -0.2) is 57.6 Å². The number of para-hydroxylation sites is 1. The average molecular weight is 445 g/mol. The van der Waals surface area contributed by atoms with Gasteiger partial charge in [0, 0.05) is 48.4 Å². The summed E-state index contributed by atoms with van der Waals surface area (Å²) in [4.78, 5) is 17.9. The fourth-order valence-electron chi connectivity index (χ4n) is 3.82. The van der Waals surface area contributed by atoms with Crippen LogP contribution in [0.1, 0.15) is 48.3 Å². The van der Waals surface area contributed by atoms with Crippen molar-refractivity contribution < 1.29 is 9.21 Å². The molecule has 8 heteroatoms. The molecular weight excluding hydrogens is 416 g/mol. The van der Waals surface area contributed by atoms with Crippen LogP contribution in [0.2, 0.25) is 0 Å². The van der Waals surface area contributed by atoms with E-state index in [-0.39, 0.29) is 11.4 Å². The summed E-state index contributed by atoms with van der Waals surface area (Å²) in [7, 11) is 0. The van der Waals surface area contributed by atoms with Crippen molar-refractivity contribution in [1.82, 2.24) is 20.0 Å². The van der Waals surface area contributed by atoms with Gasteiger partial charge in [-0.15, -0.1) is 10.2 Å². The summed E-state index contributed by atoms with van der Waals surface area (Å²) in [6, 6.07) is 7.89. The molecule has 2 aromatic heterocycles. The molecular formula is C22H28N4O2S2. The summed E-state index contributed by atoms with van der Waals surface area (Å²) in [6.07, 6.45) is 0.970. The summed E-state index contributed by atoms with van der Waals surface area (Å²) in [5.74, 6) is 1.09. The average Bonchev–Trinajstić information content (AvgIpc) is 3.18. The molecule has 4 rings (SSSR count). The van der Waals surface area contributed by atoms with Crippen molar-refractivity contribution in [3.05, 3.63) is 40.6 Å². The fraction of sp³-hybridized carbons (Fsp3) is 0.500. The van der Waals surface area contributed by atoms with Gasteiger partial charge in [-0.2, -0.15) is 0 Å². The van der Waals surface area contributed by atoms with Gasteiger partial charge in [-0.1, -0.05) is 41.3 Å². The van der Waals surface area contributed by atoms with Crippen LogP contribution in [0.4, 0.5) is 0 Å². The first-order valence-electron chi connectivity index (χ1n) is 10.3. The summed E-state index contributed by atoms with van der Waals surface area (Å²) in [6.45, 7) is 12.0. The van der Waals surface area contributed by atoms with Crippen molar-refractivity contribution in [2.45, 2.75) is 49.7 Å². The minimum absolute atomic E-state index is 0.00833. The summed E-state index contributed by atoms with van der Waals surface area (Å²) in [5, 5.41) is 10.2. The Labute approximate surface area is 185 Å². The van der Waals surface area contributed by atoms with Crippen LogP contribution >= 0.6 is 23.1 Å². The standard InChI is InChI=1S/C22H28N4O2S2/c1-15-23-24-21(30-15)29-14-17-16-8-5-6-9-18(16)28-19(17)20(27)25-10-7-11-26(13-12-25)22(2,3)4/h5-6,8-9H,7,10-14H2,1-4H3. The van der Waals surface area contributed by atoms with Crippen molar-refractivity contribution in [2.75, 3.05) is 26.2 Å². The van der Waals surface area contributed by atoms with Crippen molar-refractivity contribution in [1.29, 1.82) is 0 Å². The second kappa shape index (κ2) is 8.69. The van der Waals surface area contributed by atoms with Gasteiger partial charge >= 0.3 is 0 Å². The highest BCUT2D eigenvalue weighted by Gasteiger charge is 2.29. The molecule has 1 fully saturated rings. The van der Waals surface area contributed by atoms with Crippen LogP contribution in [0.3, 0.4) is 0 Å². The Kier molecular flexibility index (Phi) is 6.18. The lowest BCUT2D eigenvalue weighted by Gasteiger charge is -2.34. The van der Waals surface area contributed by atoms with Crippen molar-refractivity contribution in [3.63, 3.8) is 0 Å². The van der Waals surface area contributed by atoms with Gasteiger partial charge in [0.1, 0.15) is 10.6 Å². The third-order valence-electron chi connectivity index (χ3n) is 5.47. The van der Waals surface area contributed by atoms with E-state index in [0.29, 0.717) is 11.5 Å². The smallest absolute Gasteiger partial charge is 0.289 e. The number of benzene rings is 1. The quantitative estimate of drug-likeness (QED) is 0.537. The Balaban J connectivity index is 1.58. The molecule has 0 spiro atoms. The number of hydrogen-bond acceptors (Lipinski definition) is 7. The number of aromatic nitrogens is 2. The molecule has 0 N–H and O–H groups in total. The highest BCUT2D eigenvalue weighted by atomic mass is 32.2. The van der Waals surface area contributed by atoms with E-state index in [4.69, 9.17) is 4.42 Å². The highest BCUT2D eigenvalue weighted by molar-refractivity contribution is 8.00. The SMILES string of the molecule is Cc1nnc(SCc2c(C(=O)N3CCCN(C(C)(C)C)CC3)oc3ccccc23)s1. The molecule has 0 atom stereocenters. The van der Waals surface area contributed by atoms with E-state index < -0.39 is 0 Å². The van der Waals surface area contributed by atoms with Crippen molar-refractivity contribution in [3.8, 4) is 0 Å². The number of fused-ring (bicyclic) bond motifs is 1. The lowest BCUT2D eigenvalue weighted by molar-refractivity contribution is 0.0719. The topological polar surface area (TPSA) is 62.5 Å². The van der Waals surface area contributed by atoms with E-state index in [2.05, 4.69) is 35.9 Å². The number of furan rings is 1. The normalized spacial score (nSPS) is 16.2. The second-order valence-corrected chi connectivity index (χ2v) is 11.0. The first kappa shape index (κ1) is 21.3. The zero-order valence-electron chi connectivity index (χ0n) is 18.0. The summed E-state index contributed by atoms with van der Waals surface area (Å²) < 4.78 is 7.00. The Morgan fingerprint density at radius 1 is 1.17 bits per heavy atom.